The fraction of sp³-hybridized carbons (Fsp3) is 0.167. The molecule has 0 aliphatic carbocycles. The van der Waals surface area contributed by atoms with Crippen molar-refractivity contribution in [3.63, 3.8) is 0 Å². The molecule has 84 valence electrons. The van der Waals surface area contributed by atoms with Crippen molar-refractivity contribution >= 4 is 28.6 Å². The number of anilines is 1. The van der Waals surface area contributed by atoms with Gasteiger partial charge >= 0.3 is 0 Å². The average Bonchev–Trinajstić information content (AvgIpc) is 2.81. The molecule has 1 aromatic carbocycles. The summed E-state index contributed by atoms with van der Waals surface area (Å²) in [5.74, 6) is 0.692. The van der Waals surface area contributed by atoms with Gasteiger partial charge in [0.1, 0.15) is 5.75 Å². The number of thiophene rings is 1. The van der Waals surface area contributed by atoms with E-state index in [-0.39, 0.29) is 0 Å². The number of nitrogens with one attached hydrogen (secondary N) is 1. The SMILES string of the molecule is COc1cc(NCc2ccsc2)ccc1Cl. The highest BCUT2D eigenvalue weighted by Crippen LogP contribution is 2.27. The number of rotatable bonds is 4. The summed E-state index contributed by atoms with van der Waals surface area (Å²) >= 11 is 7.64. The molecule has 0 aliphatic heterocycles. The van der Waals surface area contributed by atoms with Gasteiger partial charge in [-0.1, -0.05) is 11.6 Å². The van der Waals surface area contributed by atoms with E-state index in [4.69, 9.17) is 16.3 Å². The molecular formula is C12H12ClNOS. The monoisotopic (exact) mass is 253 g/mol. The highest BCUT2D eigenvalue weighted by Gasteiger charge is 2.01. The molecule has 1 aromatic heterocycles. The van der Waals surface area contributed by atoms with E-state index < -0.39 is 0 Å². The van der Waals surface area contributed by atoms with E-state index in [1.807, 2.05) is 18.2 Å². The Bertz CT molecular complexity index is 456. The van der Waals surface area contributed by atoms with E-state index >= 15 is 0 Å². The quantitative estimate of drug-likeness (QED) is 0.889. The van der Waals surface area contributed by atoms with Crippen LogP contribution < -0.4 is 10.1 Å². The molecule has 1 heterocycles. The lowest BCUT2D eigenvalue weighted by atomic mass is 10.2. The van der Waals surface area contributed by atoms with E-state index in [0.29, 0.717) is 10.8 Å². The fourth-order valence-corrected chi connectivity index (χ4v) is 2.23. The van der Waals surface area contributed by atoms with Crippen LogP contribution in [0.15, 0.2) is 35.0 Å². The van der Waals surface area contributed by atoms with Crippen LogP contribution in [0.1, 0.15) is 5.56 Å². The van der Waals surface area contributed by atoms with Crippen molar-refractivity contribution in [2.24, 2.45) is 0 Å². The number of hydrogen-bond acceptors (Lipinski definition) is 3. The lowest BCUT2D eigenvalue weighted by Crippen LogP contribution is -1.98. The molecule has 0 fully saturated rings. The molecular weight excluding hydrogens is 242 g/mol. The predicted molar refractivity (Wildman–Crippen MR) is 69.6 cm³/mol. The summed E-state index contributed by atoms with van der Waals surface area (Å²) in [6, 6.07) is 7.77. The van der Waals surface area contributed by atoms with Crippen molar-refractivity contribution in [2.75, 3.05) is 12.4 Å². The van der Waals surface area contributed by atoms with Crippen molar-refractivity contribution in [2.45, 2.75) is 6.54 Å². The van der Waals surface area contributed by atoms with Crippen molar-refractivity contribution in [1.82, 2.24) is 0 Å². The molecule has 0 unspecified atom stereocenters. The second kappa shape index (κ2) is 5.23. The molecule has 4 heteroatoms. The van der Waals surface area contributed by atoms with Crippen LogP contribution in [0.4, 0.5) is 5.69 Å². The summed E-state index contributed by atoms with van der Waals surface area (Å²) in [5, 5.41) is 8.14. The molecule has 0 aliphatic rings. The molecule has 0 atom stereocenters. The third kappa shape index (κ3) is 2.68. The fourth-order valence-electron chi connectivity index (χ4n) is 1.37. The maximum atomic E-state index is 5.94. The van der Waals surface area contributed by atoms with E-state index in [2.05, 4.69) is 22.1 Å². The van der Waals surface area contributed by atoms with E-state index in [0.717, 1.165) is 12.2 Å². The van der Waals surface area contributed by atoms with Gasteiger partial charge in [-0.05, 0) is 34.5 Å². The Morgan fingerprint density at radius 1 is 1.38 bits per heavy atom. The molecule has 0 saturated heterocycles. The van der Waals surface area contributed by atoms with Crippen LogP contribution in [-0.2, 0) is 6.54 Å². The first kappa shape index (κ1) is 11.3. The molecule has 0 radical (unpaired) electrons. The number of methoxy groups -OCH3 is 1. The minimum Gasteiger partial charge on any atom is -0.495 e. The maximum absolute atomic E-state index is 5.94. The van der Waals surface area contributed by atoms with Crippen LogP contribution in [0.2, 0.25) is 5.02 Å². The minimum atomic E-state index is 0.628. The van der Waals surface area contributed by atoms with Gasteiger partial charge in [0.15, 0.2) is 0 Å². The van der Waals surface area contributed by atoms with Crippen LogP contribution in [0.25, 0.3) is 0 Å². The summed E-state index contributed by atoms with van der Waals surface area (Å²) in [6.45, 7) is 0.814. The van der Waals surface area contributed by atoms with Crippen LogP contribution in [0.3, 0.4) is 0 Å². The highest BCUT2D eigenvalue weighted by molar-refractivity contribution is 7.07. The number of halogens is 1. The summed E-state index contributed by atoms with van der Waals surface area (Å²) in [6.07, 6.45) is 0. The molecule has 2 aromatic rings. The second-order valence-electron chi connectivity index (χ2n) is 3.33. The van der Waals surface area contributed by atoms with Gasteiger partial charge in [-0.2, -0.15) is 11.3 Å². The lowest BCUT2D eigenvalue weighted by Gasteiger charge is -2.08. The van der Waals surface area contributed by atoms with Crippen molar-refractivity contribution < 1.29 is 4.74 Å². The molecule has 2 nitrogen and oxygen atoms in total. The lowest BCUT2D eigenvalue weighted by molar-refractivity contribution is 0.415. The predicted octanol–water partition coefficient (Wildman–Crippen LogP) is 4.02. The topological polar surface area (TPSA) is 21.3 Å². The van der Waals surface area contributed by atoms with Crippen LogP contribution in [-0.4, -0.2) is 7.11 Å². The Morgan fingerprint density at radius 3 is 2.94 bits per heavy atom. The standard InChI is InChI=1S/C12H12ClNOS/c1-15-12-6-10(2-3-11(12)13)14-7-9-4-5-16-8-9/h2-6,8,14H,7H2,1H3. The van der Waals surface area contributed by atoms with Crippen LogP contribution in [0.5, 0.6) is 5.75 Å². The zero-order valence-electron chi connectivity index (χ0n) is 8.87. The van der Waals surface area contributed by atoms with E-state index in [1.165, 1.54) is 5.56 Å². The van der Waals surface area contributed by atoms with E-state index in [9.17, 15) is 0 Å². The van der Waals surface area contributed by atoms with Gasteiger partial charge in [0.2, 0.25) is 0 Å². The Morgan fingerprint density at radius 2 is 2.25 bits per heavy atom. The van der Waals surface area contributed by atoms with E-state index in [1.54, 1.807) is 18.4 Å². The average molecular weight is 254 g/mol. The van der Waals surface area contributed by atoms with Gasteiger partial charge in [0.25, 0.3) is 0 Å². The third-order valence-electron chi connectivity index (χ3n) is 2.23. The molecule has 0 amide bonds. The number of ether oxygens (including phenoxy) is 1. The van der Waals surface area contributed by atoms with Gasteiger partial charge in [-0.3, -0.25) is 0 Å². The second-order valence-corrected chi connectivity index (χ2v) is 4.52. The van der Waals surface area contributed by atoms with Crippen molar-refractivity contribution in [3.05, 3.63) is 45.6 Å². The largest absolute Gasteiger partial charge is 0.495 e. The Balaban J connectivity index is 2.04. The molecule has 0 bridgehead atoms. The Kier molecular flexibility index (Phi) is 3.70. The van der Waals surface area contributed by atoms with Crippen LogP contribution in [0, 0.1) is 0 Å². The van der Waals surface area contributed by atoms with Gasteiger partial charge in [-0.15, -0.1) is 0 Å². The summed E-state index contributed by atoms with van der Waals surface area (Å²) in [4.78, 5) is 0. The zero-order chi connectivity index (χ0) is 11.4. The summed E-state index contributed by atoms with van der Waals surface area (Å²) in [7, 11) is 1.61. The van der Waals surface area contributed by atoms with Crippen molar-refractivity contribution in [1.29, 1.82) is 0 Å². The molecule has 16 heavy (non-hydrogen) atoms. The zero-order valence-corrected chi connectivity index (χ0v) is 10.4. The number of benzene rings is 1. The molecule has 0 spiro atoms. The third-order valence-corrected chi connectivity index (χ3v) is 3.27. The van der Waals surface area contributed by atoms with Gasteiger partial charge in [0, 0.05) is 18.3 Å². The first-order valence-electron chi connectivity index (χ1n) is 4.88. The first-order valence-corrected chi connectivity index (χ1v) is 6.20. The smallest absolute Gasteiger partial charge is 0.139 e. The molecule has 1 N–H and O–H groups in total. The molecule has 2 rings (SSSR count). The van der Waals surface area contributed by atoms with Gasteiger partial charge < -0.3 is 10.1 Å². The summed E-state index contributed by atoms with van der Waals surface area (Å²) in [5.41, 5.74) is 2.28. The normalized spacial score (nSPS) is 10.1. The minimum absolute atomic E-state index is 0.628. The number of hydrogen-bond donors (Lipinski definition) is 1. The van der Waals surface area contributed by atoms with Gasteiger partial charge in [-0.25, -0.2) is 0 Å². The van der Waals surface area contributed by atoms with Gasteiger partial charge in [0.05, 0.1) is 12.1 Å². The Hall–Kier alpha value is -1.19. The summed E-state index contributed by atoms with van der Waals surface area (Å²) < 4.78 is 5.15. The Labute approximate surface area is 104 Å². The van der Waals surface area contributed by atoms with Crippen molar-refractivity contribution in [3.8, 4) is 5.75 Å². The maximum Gasteiger partial charge on any atom is 0.139 e. The highest BCUT2D eigenvalue weighted by atomic mass is 35.5. The first-order chi connectivity index (χ1) is 7.79. The molecule has 0 saturated carbocycles. The van der Waals surface area contributed by atoms with Crippen LogP contribution >= 0.6 is 22.9 Å².